The Balaban J connectivity index is 2.10. The van der Waals surface area contributed by atoms with Crippen molar-refractivity contribution in [1.82, 2.24) is 0 Å². The van der Waals surface area contributed by atoms with E-state index in [4.69, 9.17) is 21.5 Å². The monoisotopic (exact) mass is 261 g/mol. The fourth-order valence-electron chi connectivity index (χ4n) is 1.57. The molecule has 18 heavy (non-hydrogen) atoms. The van der Waals surface area contributed by atoms with E-state index < -0.39 is 0 Å². The molecule has 1 N–H and O–H groups in total. The summed E-state index contributed by atoms with van der Waals surface area (Å²) < 4.78 is 5.67. The topological polar surface area (TPSA) is 41.8 Å². The van der Waals surface area contributed by atoms with E-state index in [2.05, 4.69) is 5.16 Å². The third-order valence-corrected chi connectivity index (χ3v) is 2.63. The van der Waals surface area contributed by atoms with Crippen molar-refractivity contribution in [2.75, 3.05) is 0 Å². The zero-order valence-electron chi connectivity index (χ0n) is 9.58. The molecule has 0 aliphatic carbocycles. The Morgan fingerprint density at radius 2 is 2.00 bits per heavy atom. The fourth-order valence-corrected chi connectivity index (χ4v) is 1.78. The van der Waals surface area contributed by atoms with Crippen molar-refractivity contribution < 1.29 is 9.94 Å². The number of benzene rings is 2. The maximum atomic E-state index is 8.56. The Labute approximate surface area is 110 Å². The van der Waals surface area contributed by atoms with Gasteiger partial charge in [0.1, 0.15) is 12.4 Å². The first kappa shape index (κ1) is 12.5. The van der Waals surface area contributed by atoms with Gasteiger partial charge in [-0.05, 0) is 29.8 Å². The van der Waals surface area contributed by atoms with E-state index in [1.165, 1.54) is 6.21 Å². The maximum Gasteiger partial charge on any atom is 0.128 e. The molecule has 2 rings (SSSR count). The standard InChI is InChI=1S/C14H12ClNO2/c15-13-6-3-4-11(8-13)10-18-14-7-2-1-5-12(14)9-16-17/h1-9,17H,10H2/b16-9+. The van der Waals surface area contributed by atoms with Gasteiger partial charge in [0.15, 0.2) is 0 Å². The third-order valence-electron chi connectivity index (χ3n) is 2.40. The van der Waals surface area contributed by atoms with Gasteiger partial charge in [0.25, 0.3) is 0 Å². The number of halogens is 1. The number of ether oxygens (including phenoxy) is 1. The minimum atomic E-state index is 0.414. The average Bonchev–Trinajstić information content (AvgIpc) is 2.38. The second-order valence-corrected chi connectivity index (χ2v) is 4.14. The van der Waals surface area contributed by atoms with Crippen molar-refractivity contribution >= 4 is 17.8 Å². The molecule has 0 unspecified atom stereocenters. The molecule has 2 aromatic carbocycles. The summed E-state index contributed by atoms with van der Waals surface area (Å²) >= 11 is 5.90. The molecule has 4 heteroatoms. The van der Waals surface area contributed by atoms with E-state index in [-0.39, 0.29) is 0 Å². The van der Waals surface area contributed by atoms with Crippen molar-refractivity contribution in [1.29, 1.82) is 0 Å². The molecule has 0 bridgehead atoms. The van der Waals surface area contributed by atoms with Crippen LogP contribution < -0.4 is 4.74 Å². The molecular formula is C14H12ClNO2. The van der Waals surface area contributed by atoms with E-state index in [1.807, 2.05) is 48.5 Å². The molecule has 2 aromatic rings. The van der Waals surface area contributed by atoms with Crippen LogP contribution in [0.2, 0.25) is 5.02 Å². The first-order chi connectivity index (χ1) is 8.79. The summed E-state index contributed by atoms with van der Waals surface area (Å²) in [5.41, 5.74) is 1.71. The Morgan fingerprint density at radius 1 is 1.17 bits per heavy atom. The smallest absolute Gasteiger partial charge is 0.128 e. The zero-order chi connectivity index (χ0) is 12.8. The lowest BCUT2D eigenvalue weighted by Crippen LogP contribution is -1.98. The molecule has 0 heterocycles. The van der Waals surface area contributed by atoms with Gasteiger partial charge in [-0.25, -0.2) is 0 Å². The SMILES string of the molecule is O/N=C/c1ccccc1OCc1cccc(Cl)c1. The lowest BCUT2D eigenvalue weighted by molar-refractivity contribution is 0.304. The highest BCUT2D eigenvalue weighted by Gasteiger charge is 2.01. The highest BCUT2D eigenvalue weighted by Crippen LogP contribution is 2.18. The van der Waals surface area contributed by atoms with E-state index in [9.17, 15) is 0 Å². The molecule has 92 valence electrons. The second kappa shape index (κ2) is 6.07. The molecule has 0 spiro atoms. The fraction of sp³-hybridized carbons (Fsp3) is 0.0714. The second-order valence-electron chi connectivity index (χ2n) is 3.70. The van der Waals surface area contributed by atoms with E-state index in [0.717, 1.165) is 11.1 Å². The maximum absolute atomic E-state index is 8.56. The van der Waals surface area contributed by atoms with E-state index in [0.29, 0.717) is 17.4 Å². The summed E-state index contributed by atoms with van der Waals surface area (Å²) in [4.78, 5) is 0. The number of nitrogens with zero attached hydrogens (tertiary/aromatic N) is 1. The molecule has 0 aliphatic rings. The normalized spacial score (nSPS) is 10.7. The lowest BCUT2D eigenvalue weighted by atomic mass is 10.2. The van der Waals surface area contributed by atoms with Crippen LogP contribution in [0.4, 0.5) is 0 Å². The predicted octanol–water partition coefficient (Wildman–Crippen LogP) is 3.73. The van der Waals surface area contributed by atoms with Crippen LogP contribution in [0.3, 0.4) is 0 Å². The molecular weight excluding hydrogens is 250 g/mol. The van der Waals surface area contributed by atoms with Gasteiger partial charge in [0, 0.05) is 10.6 Å². The molecule has 0 saturated carbocycles. The number of hydrogen-bond acceptors (Lipinski definition) is 3. The van der Waals surface area contributed by atoms with Crippen LogP contribution >= 0.6 is 11.6 Å². The first-order valence-corrected chi connectivity index (χ1v) is 5.81. The van der Waals surface area contributed by atoms with Gasteiger partial charge in [-0.15, -0.1) is 0 Å². The molecule has 0 aromatic heterocycles. The van der Waals surface area contributed by atoms with E-state index in [1.54, 1.807) is 0 Å². The van der Waals surface area contributed by atoms with Gasteiger partial charge >= 0.3 is 0 Å². The van der Waals surface area contributed by atoms with Crippen LogP contribution in [0.5, 0.6) is 5.75 Å². The first-order valence-electron chi connectivity index (χ1n) is 5.43. The highest BCUT2D eigenvalue weighted by molar-refractivity contribution is 6.30. The quantitative estimate of drug-likeness (QED) is 0.518. The van der Waals surface area contributed by atoms with E-state index >= 15 is 0 Å². The van der Waals surface area contributed by atoms with Gasteiger partial charge in [-0.2, -0.15) is 0 Å². The molecule has 0 saturated heterocycles. The number of hydrogen-bond donors (Lipinski definition) is 1. The summed E-state index contributed by atoms with van der Waals surface area (Å²) in [6.45, 7) is 0.414. The van der Waals surface area contributed by atoms with Crippen molar-refractivity contribution in [3.63, 3.8) is 0 Å². The summed E-state index contributed by atoms with van der Waals surface area (Å²) in [6, 6.07) is 14.8. The molecule has 0 fully saturated rings. The van der Waals surface area contributed by atoms with Crippen LogP contribution in [0.15, 0.2) is 53.7 Å². The third kappa shape index (κ3) is 3.25. The largest absolute Gasteiger partial charge is 0.488 e. The number of para-hydroxylation sites is 1. The van der Waals surface area contributed by atoms with Gasteiger partial charge < -0.3 is 9.94 Å². The highest BCUT2D eigenvalue weighted by atomic mass is 35.5. The van der Waals surface area contributed by atoms with Gasteiger partial charge in [-0.1, -0.05) is 41.0 Å². The van der Waals surface area contributed by atoms with Gasteiger partial charge in [-0.3, -0.25) is 0 Å². The van der Waals surface area contributed by atoms with Gasteiger partial charge in [0.05, 0.1) is 6.21 Å². The van der Waals surface area contributed by atoms with Crippen molar-refractivity contribution in [2.24, 2.45) is 5.16 Å². The van der Waals surface area contributed by atoms with Crippen molar-refractivity contribution in [2.45, 2.75) is 6.61 Å². The number of oxime groups is 1. The molecule has 0 amide bonds. The van der Waals surface area contributed by atoms with Crippen LogP contribution in [-0.4, -0.2) is 11.4 Å². The van der Waals surface area contributed by atoms with Gasteiger partial charge in [0.2, 0.25) is 0 Å². The molecule has 3 nitrogen and oxygen atoms in total. The molecule has 0 atom stereocenters. The van der Waals surface area contributed by atoms with Crippen LogP contribution in [0, 0.1) is 0 Å². The summed E-state index contributed by atoms with van der Waals surface area (Å²) in [7, 11) is 0. The Bertz CT molecular complexity index is 555. The average molecular weight is 262 g/mol. The van der Waals surface area contributed by atoms with Crippen molar-refractivity contribution in [3.05, 3.63) is 64.7 Å². The van der Waals surface area contributed by atoms with Crippen LogP contribution in [-0.2, 0) is 6.61 Å². The minimum absolute atomic E-state index is 0.414. The predicted molar refractivity (Wildman–Crippen MR) is 71.6 cm³/mol. The Kier molecular flexibility index (Phi) is 4.20. The Morgan fingerprint density at radius 3 is 2.78 bits per heavy atom. The van der Waals surface area contributed by atoms with Crippen molar-refractivity contribution in [3.8, 4) is 5.75 Å². The minimum Gasteiger partial charge on any atom is -0.488 e. The summed E-state index contributed by atoms with van der Waals surface area (Å²) in [5, 5.41) is 12.3. The summed E-state index contributed by atoms with van der Waals surface area (Å²) in [6.07, 6.45) is 1.34. The molecule has 0 aliphatic heterocycles. The van der Waals surface area contributed by atoms with Crippen LogP contribution in [0.1, 0.15) is 11.1 Å². The lowest BCUT2D eigenvalue weighted by Gasteiger charge is -2.08. The number of rotatable bonds is 4. The summed E-state index contributed by atoms with van der Waals surface area (Å²) in [5.74, 6) is 0.662. The Hall–Kier alpha value is -2.00. The molecule has 0 radical (unpaired) electrons. The van der Waals surface area contributed by atoms with Crippen LogP contribution in [0.25, 0.3) is 0 Å². The zero-order valence-corrected chi connectivity index (χ0v) is 10.3.